The van der Waals surface area contributed by atoms with E-state index in [9.17, 15) is 13.6 Å². The molecule has 150 valence electrons. The van der Waals surface area contributed by atoms with E-state index in [4.69, 9.17) is 14.0 Å². The first kappa shape index (κ1) is 18.8. The Balaban J connectivity index is 1.25. The van der Waals surface area contributed by atoms with Gasteiger partial charge in [0.2, 0.25) is 0 Å². The number of carbonyl (C=O) groups is 1. The average Bonchev–Trinajstić information content (AvgIpc) is 3.20. The van der Waals surface area contributed by atoms with Crippen molar-refractivity contribution >= 4 is 5.78 Å². The van der Waals surface area contributed by atoms with Gasteiger partial charge in [-0.25, -0.2) is 0 Å². The lowest BCUT2D eigenvalue weighted by atomic mass is 9.83. The second kappa shape index (κ2) is 7.14. The van der Waals surface area contributed by atoms with Crippen LogP contribution in [0.5, 0.6) is 11.5 Å². The number of ketones is 1. The Kier molecular flexibility index (Phi) is 4.80. The van der Waals surface area contributed by atoms with Gasteiger partial charge >= 0.3 is 6.29 Å². The zero-order chi connectivity index (χ0) is 19.8. The highest BCUT2D eigenvalue weighted by Crippen LogP contribution is 2.41. The molecule has 1 saturated heterocycles. The summed E-state index contributed by atoms with van der Waals surface area (Å²) in [6.07, 6.45) is -2.52. The van der Waals surface area contributed by atoms with Gasteiger partial charge in [-0.3, -0.25) is 4.79 Å². The summed E-state index contributed by atoms with van der Waals surface area (Å²) >= 11 is 0. The van der Waals surface area contributed by atoms with Crippen LogP contribution in [-0.2, 0) is 22.7 Å². The summed E-state index contributed by atoms with van der Waals surface area (Å²) in [4.78, 5) is 12.2. The number of aromatic nitrogens is 1. The number of carbonyl (C=O) groups excluding carboxylic acids is 1. The van der Waals surface area contributed by atoms with Crippen molar-refractivity contribution in [2.75, 3.05) is 13.2 Å². The number of hydrogen-bond donors (Lipinski definition) is 0. The van der Waals surface area contributed by atoms with E-state index in [1.54, 1.807) is 12.1 Å². The molecule has 0 bridgehead atoms. The number of fused-ring (bicyclic) bond motifs is 1. The Labute approximate surface area is 159 Å². The first-order chi connectivity index (χ1) is 13.3. The fourth-order valence-electron chi connectivity index (χ4n) is 3.00. The SMILES string of the molecule is CC1(CCC(=O)c2cc(COCc3ccc4c(c3)OC(F)(F)O4)on2)COC1. The molecule has 3 heterocycles. The summed E-state index contributed by atoms with van der Waals surface area (Å²) in [5, 5.41) is 3.79. The minimum absolute atomic E-state index is 0.0190. The molecule has 2 aromatic rings. The van der Waals surface area contributed by atoms with E-state index in [-0.39, 0.29) is 41.6 Å². The van der Waals surface area contributed by atoms with Crippen LogP contribution in [0.1, 0.15) is 41.6 Å². The van der Waals surface area contributed by atoms with Gasteiger partial charge in [-0.1, -0.05) is 18.1 Å². The van der Waals surface area contributed by atoms with Crippen molar-refractivity contribution in [1.29, 1.82) is 0 Å². The van der Waals surface area contributed by atoms with Crippen molar-refractivity contribution in [2.45, 2.75) is 39.3 Å². The lowest BCUT2D eigenvalue weighted by molar-refractivity contribution is -0.286. The standard InChI is InChI=1S/C19H19F2NO6/c1-18(10-25-11-18)5-4-15(23)14-7-13(28-22-14)9-24-8-12-2-3-16-17(6-12)27-19(20,21)26-16/h2-3,6-7H,4-5,8-11H2,1H3. The number of rotatable bonds is 8. The topological polar surface area (TPSA) is 80.0 Å². The number of nitrogens with zero attached hydrogens (tertiary/aromatic N) is 1. The third kappa shape index (κ3) is 4.15. The quantitative estimate of drug-likeness (QED) is 0.631. The summed E-state index contributed by atoms with van der Waals surface area (Å²) in [6, 6.07) is 5.98. The molecule has 0 unspecified atom stereocenters. The Morgan fingerprint density at radius 3 is 2.71 bits per heavy atom. The molecule has 7 nitrogen and oxygen atoms in total. The van der Waals surface area contributed by atoms with Crippen LogP contribution in [0.15, 0.2) is 28.8 Å². The highest BCUT2D eigenvalue weighted by atomic mass is 19.3. The van der Waals surface area contributed by atoms with Crippen LogP contribution in [0.3, 0.4) is 0 Å². The minimum Gasteiger partial charge on any atom is -0.395 e. The van der Waals surface area contributed by atoms with E-state index < -0.39 is 6.29 Å². The van der Waals surface area contributed by atoms with E-state index in [2.05, 4.69) is 21.6 Å². The Morgan fingerprint density at radius 2 is 1.96 bits per heavy atom. The highest BCUT2D eigenvalue weighted by molar-refractivity contribution is 5.94. The van der Waals surface area contributed by atoms with Gasteiger partial charge in [-0.2, -0.15) is 0 Å². The van der Waals surface area contributed by atoms with Crippen LogP contribution in [-0.4, -0.2) is 30.4 Å². The molecule has 0 radical (unpaired) electrons. The Morgan fingerprint density at radius 1 is 1.18 bits per heavy atom. The zero-order valence-corrected chi connectivity index (χ0v) is 15.2. The lowest BCUT2D eigenvalue weighted by Crippen LogP contribution is -2.39. The fourth-order valence-corrected chi connectivity index (χ4v) is 3.00. The number of hydrogen-bond acceptors (Lipinski definition) is 7. The molecule has 0 spiro atoms. The maximum Gasteiger partial charge on any atom is 0.586 e. The molecule has 1 aromatic heterocycles. The molecule has 1 aromatic carbocycles. The Hall–Kier alpha value is -2.52. The van der Waals surface area contributed by atoms with Gasteiger partial charge in [-0.15, -0.1) is 8.78 Å². The van der Waals surface area contributed by atoms with Gasteiger partial charge in [0.05, 0.1) is 19.8 Å². The molecule has 28 heavy (non-hydrogen) atoms. The number of alkyl halides is 2. The fraction of sp³-hybridized carbons (Fsp3) is 0.474. The normalized spacial score (nSPS) is 18.7. The first-order valence-electron chi connectivity index (χ1n) is 8.85. The van der Waals surface area contributed by atoms with E-state index in [1.807, 2.05) is 0 Å². The van der Waals surface area contributed by atoms with E-state index in [0.717, 1.165) is 6.42 Å². The molecule has 0 N–H and O–H groups in total. The molecular formula is C19H19F2NO6. The summed E-state index contributed by atoms with van der Waals surface area (Å²) < 4.78 is 50.6. The van der Waals surface area contributed by atoms with Crippen LogP contribution in [0.25, 0.3) is 0 Å². The van der Waals surface area contributed by atoms with Gasteiger partial charge in [0.1, 0.15) is 12.3 Å². The smallest absolute Gasteiger partial charge is 0.395 e. The summed E-state index contributed by atoms with van der Waals surface area (Å²) in [5.74, 6) is 0.271. The third-order valence-corrected chi connectivity index (χ3v) is 4.68. The number of halogens is 2. The van der Waals surface area contributed by atoms with Crippen molar-refractivity contribution < 1.29 is 37.0 Å². The number of benzene rings is 1. The van der Waals surface area contributed by atoms with E-state index >= 15 is 0 Å². The second-order valence-electron chi connectivity index (χ2n) is 7.35. The third-order valence-electron chi connectivity index (χ3n) is 4.68. The largest absolute Gasteiger partial charge is 0.586 e. The van der Waals surface area contributed by atoms with Crippen molar-refractivity contribution in [1.82, 2.24) is 5.16 Å². The van der Waals surface area contributed by atoms with E-state index in [1.165, 1.54) is 12.1 Å². The molecule has 0 saturated carbocycles. The zero-order valence-electron chi connectivity index (χ0n) is 15.2. The number of ether oxygens (including phenoxy) is 4. The first-order valence-corrected chi connectivity index (χ1v) is 8.85. The molecule has 9 heteroatoms. The molecule has 0 atom stereocenters. The van der Waals surface area contributed by atoms with Crippen LogP contribution in [0.2, 0.25) is 0 Å². The van der Waals surface area contributed by atoms with Gasteiger partial charge in [0, 0.05) is 17.9 Å². The molecule has 2 aliphatic heterocycles. The van der Waals surface area contributed by atoms with Crippen LogP contribution >= 0.6 is 0 Å². The van der Waals surface area contributed by atoms with Crippen LogP contribution in [0.4, 0.5) is 8.78 Å². The molecule has 0 aliphatic carbocycles. The number of Topliss-reactive ketones (excluding diaryl/α,β-unsaturated/α-hetero) is 1. The van der Waals surface area contributed by atoms with Gasteiger partial charge in [0.25, 0.3) is 0 Å². The summed E-state index contributed by atoms with van der Waals surface area (Å²) in [6.45, 7) is 3.68. The monoisotopic (exact) mass is 395 g/mol. The molecule has 1 fully saturated rings. The summed E-state index contributed by atoms with van der Waals surface area (Å²) in [5.41, 5.74) is 0.972. The van der Waals surface area contributed by atoms with E-state index in [0.29, 0.717) is 31.0 Å². The lowest BCUT2D eigenvalue weighted by Gasteiger charge is -2.37. The van der Waals surface area contributed by atoms with Crippen molar-refractivity contribution in [3.63, 3.8) is 0 Å². The van der Waals surface area contributed by atoms with Crippen LogP contribution < -0.4 is 9.47 Å². The Bertz CT molecular complexity index is 877. The predicted molar refractivity (Wildman–Crippen MR) is 90.1 cm³/mol. The second-order valence-corrected chi connectivity index (χ2v) is 7.35. The maximum absolute atomic E-state index is 13.0. The van der Waals surface area contributed by atoms with Gasteiger partial charge in [-0.05, 0) is 24.1 Å². The minimum atomic E-state index is -3.65. The van der Waals surface area contributed by atoms with Crippen LogP contribution in [0, 0.1) is 5.41 Å². The van der Waals surface area contributed by atoms with Gasteiger partial charge in [0.15, 0.2) is 23.0 Å². The van der Waals surface area contributed by atoms with Crippen molar-refractivity contribution in [2.24, 2.45) is 5.41 Å². The van der Waals surface area contributed by atoms with Crippen molar-refractivity contribution in [3.05, 3.63) is 41.3 Å². The molecule has 2 aliphatic rings. The average molecular weight is 395 g/mol. The maximum atomic E-state index is 13.0. The highest BCUT2D eigenvalue weighted by Gasteiger charge is 2.43. The van der Waals surface area contributed by atoms with Gasteiger partial charge < -0.3 is 23.5 Å². The van der Waals surface area contributed by atoms with Crippen molar-refractivity contribution in [3.8, 4) is 11.5 Å². The predicted octanol–water partition coefficient (Wildman–Crippen LogP) is 3.71. The molecular weight excluding hydrogens is 376 g/mol. The molecule has 4 rings (SSSR count). The molecule has 0 amide bonds. The summed E-state index contributed by atoms with van der Waals surface area (Å²) in [7, 11) is 0.